The third-order valence-electron chi connectivity index (χ3n) is 6.23. The highest BCUT2D eigenvalue weighted by atomic mass is 15.1. The Hall–Kier alpha value is -4.78. The highest BCUT2D eigenvalue weighted by Crippen LogP contribution is 2.31. The lowest BCUT2D eigenvalue weighted by molar-refractivity contribution is 0.622. The van der Waals surface area contributed by atoms with E-state index >= 15 is 0 Å². The third-order valence-corrected chi connectivity index (χ3v) is 6.23. The first-order valence-electron chi connectivity index (χ1n) is 12.7. The molecule has 38 heavy (non-hydrogen) atoms. The van der Waals surface area contributed by atoms with E-state index < -0.39 is 0 Å². The summed E-state index contributed by atoms with van der Waals surface area (Å²) in [4.78, 5) is 17.6. The Morgan fingerprint density at radius 3 is 2.66 bits per heavy atom. The van der Waals surface area contributed by atoms with Gasteiger partial charge in [0.1, 0.15) is 5.52 Å². The molecule has 1 aromatic carbocycles. The number of pyridine rings is 2. The van der Waals surface area contributed by atoms with Crippen molar-refractivity contribution in [3.8, 4) is 22.6 Å². The van der Waals surface area contributed by atoms with Gasteiger partial charge in [0.25, 0.3) is 0 Å². The highest BCUT2D eigenvalue weighted by Gasteiger charge is 2.17. The van der Waals surface area contributed by atoms with Crippen molar-refractivity contribution in [3.05, 3.63) is 103 Å². The van der Waals surface area contributed by atoms with Gasteiger partial charge in [-0.25, -0.2) is 9.97 Å². The van der Waals surface area contributed by atoms with Crippen LogP contribution >= 0.6 is 0 Å². The average Bonchev–Trinajstić information content (AvgIpc) is 3.54. The SMILES string of the molecule is C=C/C(=C\C(=C/C)c1ccc2[nH]nc(-c3nc4c(-c5cccnc5)cccc4[nH]3)c2n1)NC(=C)CC(C)C. The minimum atomic E-state index is 0.518. The minimum Gasteiger partial charge on any atom is -0.359 e. The van der Waals surface area contributed by atoms with Gasteiger partial charge in [-0.1, -0.05) is 51.3 Å². The number of rotatable bonds is 9. The van der Waals surface area contributed by atoms with Crippen molar-refractivity contribution in [1.29, 1.82) is 0 Å². The monoisotopic (exact) mass is 501 g/mol. The quantitative estimate of drug-likeness (QED) is 0.186. The second-order valence-corrected chi connectivity index (χ2v) is 9.57. The largest absolute Gasteiger partial charge is 0.359 e. The zero-order chi connectivity index (χ0) is 26.6. The number of benzene rings is 1. The molecular weight excluding hydrogens is 470 g/mol. The molecule has 5 aromatic rings. The van der Waals surface area contributed by atoms with Crippen molar-refractivity contribution in [3.63, 3.8) is 0 Å². The van der Waals surface area contributed by atoms with Crippen LogP contribution in [-0.2, 0) is 0 Å². The number of fused-ring (bicyclic) bond motifs is 2. The number of imidazole rings is 1. The zero-order valence-electron chi connectivity index (χ0n) is 21.9. The van der Waals surface area contributed by atoms with Crippen LogP contribution in [0.5, 0.6) is 0 Å². The number of allylic oxidation sites excluding steroid dienone is 5. The molecule has 0 bridgehead atoms. The van der Waals surface area contributed by atoms with Crippen LogP contribution in [0.4, 0.5) is 0 Å². The van der Waals surface area contributed by atoms with Crippen molar-refractivity contribution in [1.82, 2.24) is 35.5 Å². The molecule has 0 atom stereocenters. The number of hydrogen-bond donors (Lipinski definition) is 3. The van der Waals surface area contributed by atoms with E-state index in [1.54, 1.807) is 12.3 Å². The maximum absolute atomic E-state index is 4.99. The summed E-state index contributed by atoms with van der Waals surface area (Å²) < 4.78 is 0. The molecule has 4 aromatic heterocycles. The Morgan fingerprint density at radius 2 is 1.92 bits per heavy atom. The summed E-state index contributed by atoms with van der Waals surface area (Å²) in [6.07, 6.45) is 10.4. The molecule has 0 aliphatic carbocycles. The maximum atomic E-state index is 4.99. The van der Waals surface area contributed by atoms with Gasteiger partial charge in [-0.15, -0.1) is 0 Å². The van der Waals surface area contributed by atoms with E-state index in [9.17, 15) is 0 Å². The van der Waals surface area contributed by atoms with E-state index in [1.165, 1.54) is 0 Å². The number of nitrogens with zero attached hydrogens (tertiary/aromatic N) is 4. The van der Waals surface area contributed by atoms with E-state index in [1.807, 2.05) is 61.7 Å². The van der Waals surface area contributed by atoms with Crippen LogP contribution in [0.3, 0.4) is 0 Å². The molecule has 0 amide bonds. The van der Waals surface area contributed by atoms with Crippen LogP contribution in [0.25, 0.3) is 50.3 Å². The number of nitrogens with one attached hydrogen (secondary N) is 3. The Bertz CT molecular complexity index is 1680. The lowest BCUT2D eigenvalue weighted by Gasteiger charge is -2.13. The fourth-order valence-electron chi connectivity index (χ4n) is 4.49. The topological polar surface area (TPSA) is 95.2 Å². The van der Waals surface area contributed by atoms with E-state index in [0.29, 0.717) is 17.4 Å². The van der Waals surface area contributed by atoms with E-state index in [2.05, 4.69) is 58.6 Å². The van der Waals surface area contributed by atoms with Gasteiger partial charge < -0.3 is 10.3 Å². The molecule has 0 saturated carbocycles. The Labute approximate surface area is 222 Å². The van der Waals surface area contributed by atoms with Gasteiger partial charge in [-0.2, -0.15) is 5.10 Å². The zero-order valence-corrected chi connectivity index (χ0v) is 21.9. The molecular formula is C31H31N7. The molecule has 0 aliphatic heterocycles. The second kappa shape index (κ2) is 10.7. The molecule has 5 rings (SSSR count). The normalized spacial score (nSPS) is 12.4. The van der Waals surface area contributed by atoms with Gasteiger partial charge in [0.2, 0.25) is 0 Å². The van der Waals surface area contributed by atoms with Crippen LogP contribution in [0.1, 0.15) is 32.9 Å². The summed E-state index contributed by atoms with van der Waals surface area (Å²) in [5.41, 5.74) is 9.67. The standard InChI is InChI=1S/C31H31N7/c1-6-21(17-23(7-2)33-20(5)16-19(3)4)25-13-14-27-29(34-25)30(38-37-27)31-35-26-12-8-11-24(28(26)36-31)22-10-9-15-32-18-22/h6-15,17-19,33H,2,5,16H2,1,3-4H3,(H,35,36)(H,37,38)/b21-6+,23-17+. The third kappa shape index (κ3) is 5.04. The molecule has 0 aliphatic rings. The van der Waals surface area contributed by atoms with Gasteiger partial charge in [-0.05, 0) is 61.3 Å². The smallest absolute Gasteiger partial charge is 0.161 e. The summed E-state index contributed by atoms with van der Waals surface area (Å²) in [6, 6.07) is 14.0. The van der Waals surface area contributed by atoms with Crippen molar-refractivity contribution >= 4 is 27.6 Å². The highest BCUT2D eigenvalue weighted by molar-refractivity contribution is 5.96. The summed E-state index contributed by atoms with van der Waals surface area (Å²) in [5, 5.41) is 11.0. The molecule has 7 nitrogen and oxygen atoms in total. The first-order chi connectivity index (χ1) is 18.5. The fraction of sp³-hybridized carbons (Fsp3) is 0.161. The van der Waals surface area contributed by atoms with Crippen molar-refractivity contribution < 1.29 is 0 Å². The molecule has 0 saturated heterocycles. The van der Waals surface area contributed by atoms with Crippen LogP contribution in [0.2, 0.25) is 0 Å². The summed E-state index contributed by atoms with van der Waals surface area (Å²) in [7, 11) is 0. The van der Waals surface area contributed by atoms with Crippen molar-refractivity contribution in [2.75, 3.05) is 0 Å². The number of H-pyrrole nitrogens is 2. The first kappa shape index (κ1) is 24.9. The molecule has 190 valence electrons. The lowest BCUT2D eigenvalue weighted by atomic mass is 10.1. The number of hydrogen-bond acceptors (Lipinski definition) is 5. The number of para-hydroxylation sites is 1. The number of aromatic amines is 2. The van der Waals surface area contributed by atoms with Crippen LogP contribution in [0.15, 0.2) is 97.6 Å². The average molecular weight is 502 g/mol. The van der Waals surface area contributed by atoms with Gasteiger partial charge in [-0.3, -0.25) is 10.1 Å². The molecule has 0 fully saturated rings. The minimum absolute atomic E-state index is 0.518. The Morgan fingerprint density at radius 1 is 1.05 bits per heavy atom. The lowest BCUT2D eigenvalue weighted by Crippen LogP contribution is -2.12. The first-order valence-corrected chi connectivity index (χ1v) is 12.7. The van der Waals surface area contributed by atoms with Crippen molar-refractivity contribution in [2.45, 2.75) is 27.2 Å². The second-order valence-electron chi connectivity index (χ2n) is 9.57. The summed E-state index contributed by atoms with van der Waals surface area (Å²) in [5.74, 6) is 1.17. The van der Waals surface area contributed by atoms with E-state index in [4.69, 9.17) is 9.97 Å². The van der Waals surface area contributed by atoms with Gasteiger partial charge in [0.15, 0.2) is 11.5 Å². The van der Waals surface area contributed by atoms with Gasteiger partial charge >= 0.3 is 0 Å². The van der Waals surface area contributed by atoms with Gasteiger partial charge in [0, 0.05) is 34.9 Å². The van der Waals surface area contributed by atoms with Crippen LogP contribution in [-0.4, -0.2) is 30.1 Å². The summed E-state index contributed by atoms with van der Waals surface area (Å²) >= 11 is 0. The van der Waals surface area contributed by atoms with Crippen molar-refractivity contribution in [2.24, 2.45) is 5.92 Å². The predicted octanol–water partition coefficient (Wildman–Crippen LogP) is 7.19. The number of aromatic nitrogens is 6. The van der Waals surface area contributed by atoms with Gasteiger partial charge in [0.05, 0.1) is 22.2 Å². The van der Waals surface area contributed by atoms with Crippen LogP contribution in [0, 0.1) is 5.92 Å². The van der Waals surface area contributed by atoms with Crippen LogP contribution < -0.4 is 5.32 Å². The molecule has 4 heterocycles. The predicted molar refractivity (Wildman–Crippen MR) is 156 cm³/mol. The molecule has 7 heteroatoms. The molecule has 3 N–H and O–H groups in total. The molecule has 0 radical (unpaired) electrons. The van der Waals surface area contributed by atoms with E-state index in [0.717, 1.165) is 62.3 Å². The maximum Gasteiger partial charge on any atom is 0.161 e. The fourth-order valence-corrected chi connectivity index (χ4v) is 4.49. The Kier molecular flexibility index (Phi) is 7.00. The molecule has 0 unspecified atom stereocenters. The van der Waals surface area contributed by atoms with E-state index in [-0.39, 0.29) is 0 Å². The Balaban J connectivity index is 1.53. The molecule has 0 spiro atoms. The summed E-state index contributed by atoms with van der Waals surface area (Å²) in [6.45, 7) is 14.5.